The Kier molecular flexibility index (Phi) is 6.76. The lowest BCUT2D eigenvalue weighted by molar-refractivity contribution is -0.173. The molecular formula is C37H25F3O. The molecule has 0 spiro atoms. The number of hydrogen-bond acceptors (Lipinski definition) is 1. The second-order valence-corrected chi connectivity index (χ2v) is 9.91. The average molecular weight is 543 g/mol. The highest BCUT2D eigenvalue weighted by Gasteiger charge is 2.62. The maximum atomic E-state index is 15.1. The van der Waals surface area contributed by atoms with Crippen LogP contribution in [0.3, 0.4) is 0 Å². The van der Waals surface area contributed by atoms with Gasteiger partial charge in [0.25, 0.3) is 5.78 Å². The topological polar surface area (TPSA) is 17.1 Å². The minimum absolute atomic E-state index is 0.263. The SMILES string of the molecule is O=C(C(F)(F)F)C1(c2ccccc2)C(c2ccccc2)=C(c2ccccc2)C(c2ccccc2)=C1c1ccccc1. The number of Topliss-reactive ketones (excluding diaryl/α,β-unsaturated/α-hetero) is 1. The van der Waals surface area contributed by atoms with Gasteiger partial charge in [-0.2, -0.15) is 13.2 Å². The largest absolute Gasteiger partial charge is 0.451 e. The second kappa shape index (κ2) is 10.5. The molecule has 4 heteroatoms. The fraction of sp³-hybridized carbons (Fsp3) is 0.0541. The number of ketones is 1. The highest BCUT2D eigenvalue weighted by Crippen LogP contribution is 2.63. The van der Waals surface area contributed by atoms with E-state index in [4.69, 9.17) is 0 Å². The molecule has 0 fully saturated rings. The summed E-state index contributed by atoms with van der Waals surface area (Å²) in [6.45, 7) is 0. The van der Waals surface area contributed by atoms with Crippen LogP contribution in [0.15, 0.2) is 152 Å². The molecule has 0 atom stereocenters. The average Bonchev–Trinajstić information content (AvgIpc) is 3.35. The van der Waals surface area contributed by atoms with Gasteiger partial charge in [0, 0.05) is 0 Å². The van der Waals surface area contributed by atoms with Crippen molar-refractivity contribution in [1.82, 2.24) is 0 Å². The van der Waals surface area contributed by atoms with Crippen LogP contribution in [0.2, 0.25) is 0 Å². The summed E-state index contributed by atoms with van der Waals surface area (Å²) in [4.78, 5) is 14.3. The van der Waals surface area contributed by atoms with E-state index in [1.165, 1.54) is 0 Å². The number of benzene rings is 5. The fourth-order valence-corrected chi connectivity index (χ4v) is 6.02. The van der Waals surface area contributed by atoms with Gasteiger partial charge in [0.2, 0.25) is 0 Å². The Hall–Kier alpha value is -4.96. The number of carbonyl (C=O) groups is 1. The lowest BCUT2D eigenvalue weighted by atomic mass is 9.64. The Morgan fingerprint density at radius 1 is 0.439 bits per heavy atom. The number of alkyl halides is 3. The van der Waals surface area contributed by atoms with Gasteiger partial charge < -0.3 is 0 Å². The third-order valence-electron chi connectivity index (χ3n) is 7.55. The van der Waals surface area contributed by atoms with E-state index in [1.807, 2.05) is 72.8 Å². The van der Waals surface area contributed by atoms with E-state index >= 15 is 13.2 Å². The first-order chi connectivity index (χ1) is 19.9. The van der Waals surface area contributed by atoms with E-state index in [0.717, 1.165) is 11.1 Å². The summed E-state index contributed by atoms with van der Waals surface area (Å²) in [5.41, 5.74) is 2.47. The molecule has 0 aliphatic heterocycles. The number of allylic oxidation sites excluding steroid dienone is 4. The molecule has 6 rings (SSSR count). The van der Waals surface area contributed by atoms with Crippen LogP contribution in [-0.4, -0.2) is 12.0 Å². The van der Waals surface area contributed by atoms with Crippen LogP contribution in [-0.2, 0) is 10.2 Å². The fourth-order valence-electron chi connectivity index (χ4n) is 6.02. The third kappa shape index (κ3) is 4.42. The number of halogens is 3. The van der Waals surface area contributed by atoms with Gasteiger partial charge >= 0.3 is 6.18 Å². The number of hydrogen-bond donors (Lipinski definition) is 0. The molecule has 5 aromatic rings. The van der Waals surface area contributed by atoms with Gasteiger partial charge in [-0.1, -0.05) is 152 Å². The predicted octanol–water partition coefficient (Wildman–Crippen LogP) is 9.29. The van der Waals surface area contributed by atoms with Gasteiger partial charge in [-0.3, -0.25) is 4.79 Å². The maximum absolute atomic E-state index is 15.1. The molecule has 0 N–H and O–H groups in total. The van der Waals surface area contributed by atoms with Crippen molar-refractivity contribution in [3.63, 3.8) is 0 Å². The van der Waals surface area contributed by atoms with Gasteiger partial charge in [0.05, 0.1) is 0 Å². The van der Waals surface area contributed by atoms with Crippen LogP contribution in [0.5, 0.6) is 0 Å². The van der Waals surface area contributed by atoms with Crippen molar-refractivity contribution in [3.8, 4) is 0 Å². The van der Waals surface area contributed by atoms with Crippen LogP contribution in [0, 0.1) is 0 Å². The first kappa shape index (κ1) is 26.3. The lowest BCUT2D eigenvalue weighted by Gasteiger charge is -2.36. The van der Waals surface area contributed by atoms with Gasteiger partial charge in [0.1, 0.15) is 5.41 Å². The summed E-state index contributed by atoms with van der Waals surface area (Å²) < 4.78 is 45.2. The standard InChI is InChI=1S/C37H25F3O/c38-37(39,40)35(41)36(30-24-14-5-15-25-30)33(28-20-10-3-11-21-28)31(26-16-6-1-7-17-26)32(27-18-8-2-9-19-27)34(36)29-22-12-4-13-23-29/h1-25H. The summed E-state index contributed by atoms with van der Waals surface area (Å²) in [7, 11) is 0. The highest BCUT2D eigenvalue weighted by molar-refractivity contribution is 6.38. The van der Waals surface area contributed by atoms with Crippen molar-refractivity contribution < 1.29 is 18.0 Å². The van der Waals surface area contributed by atoms with Crippen LogP contribution in [0.4, 0.5) is 13.2 Å². The van der Waals surface area contributed by atoms with E-state index in [1.54, 1.807) is 78.9 Å². The minimum Gasteiger partial charge on any atom is -0.288 e. The van der Waals surface area contributed by atoms with Crippen molar-refractivity contribution in [2.24, 2.45) is 0 Å². The van der Waals surface area contributed by atoms with Crippen molar-refractivity contribution in [3.05, 3.63) is 179 Å². The Balaban J connectivity index is 1.92. The third-order valence-corrected chi connectivity index (χ3v) is 7.55. The van der Waals surface area contributed by atoms with E-state index < -0.39 is 17.4 Å². The first-order valence-corrected chi connectivity index (χ1v) is 13.3. The molecule has 0 aromatic heterocycles. The quantitative estimate of drug-likeness (QED) is 0.209. The van der Waals surface area contributed by atoms with Gasteiger partial charge in [-0.15, -0.1) is 0 Å². The smallest absolute Gasteiger partial charge is 0.288 e. The number of carbonyl (C=O) groups excluding carboxylic acids is 1. The monoisotopic (exact) mass is 542 g/mol. The van der Waals surface area contributed by atoms with E-state index in [0.29, 0.717) is 33.4 Å². The van der Waals surface area contributed by atoms with Gasteiger partial charge in [-0.25, -0.2) is 0 Å². The minimum atomic E-state index is -5.14. The molecule has 0 saturated carbocycles. The lowest BCUT2D eigenvalue weighted by Crippen LogP contribution is -2.45. The summed E-state index contributed by atoms with van der Waals surface area (Å²) in [6.07, 6.45) is -5.14. The summed E-state index contributed by atoms with van der Waals surface area (Å²) in [6, 6.07) is 45.1. The van der Waals surface area contributed by atoms with E-state index in [-0.39, 0.29) is 5.56 Å². The van der Waals surface area contributed by atoms with Gasteiger partial charge in [0.15, 0.2) is 0 Å². The predicted molar refractivity (Wildman–Crippen MR) is 159 cm³/mol. The molecule has 0 saturated heterocycles. The Morgan fingerprint density at radius 3 is 1.05 bits per heavy atom. The van der Waals surface area contributed by atoms with E-state index in [2.05, 4.69) is 0 Å². The summed E-state index contributed by atoms with van der Waals surface area (Å²) in [5, 5.41) is 0. The van der Waals surface area contributed by atoms with Crippen LogP contribution >= 0.6 is 0 Å². The first-order valence-electron chi connectivity index (χ1n) is 13.3. The van der Waals surface area contributed by atoms with Crippen molar-refractivity contribution >= 4 is 28.1 Å². The van der Waals surface area contributed by atoms with E-state index in [9.17, 15) is 4.79 Å². The molecule has 1 aliphatic carbocycles. The van der Waals surface area contributed by atoms with Crippen molar-refractivity contribution in [1.29, 1.82) is 0 Å². The zero-order valence-electron chi connectivity index (χ0n) is 22.0. The molecule has 41 heavy (non-hydrogen) atoms. The molecule has 0 radical (unpaired) electrons. The molecule has 1 nitrogen and oxygen atoms in total. The van der Waals surface area contributed by atoms with Crippen LogP contribution in [0.25, 0.3) is 22.3 Å². The summed E-state index contributed by atoms with van der Waals surface area (Å²) >= 11 is 0. The molecule has 1 aliphatic rings. The molecule has 200 valence electrons. The van der Waals surface area contributed by atoms with Gasteiger partial charge in [-0.05, 0) is 50.1 Å². The molecule has 0 amide bonds. The Morgan fingerprint density at radius 2 is 0.732 bits per heavy atom. The Labute approximate surface area is 236 Å². The summed E-state index contributed by atoms with van der Waals surface area (Å²) in [5.74, 6) is -1.83. The molecular weight excluding hydrogens is 517 g/mol. The van der Waals surface area contributed by atoms with Crippen LogP contribution in [0.1, 0.15) is 27.8 Å². The van der Waals surface area contributed by atoms with Crippen LogP contribution < -0.4 is 0 Å². The molecule has 5 aromatic carbocycles. The zero-order chi connectivity index (χ0) is 28.5. The normalized spacial score (nSPS) is 14.8. The highest BCUT2D eigenvalue weighted by atomic mass is 19.4. The number of rotatable bonds is 6. The maximum Gasteiger partial charge on any atom is 0.451 e. The van der Waals surface area contributed by atoms with Crippen molar-refractivity contribution in [2.75, 3.05) is 0 Å². The molecule has 0 heterocycles. The zero-order valence-corrected chi connectivity index (χ0v) is 22.0. The molecule has 0 bridgehead atoms. The second-order valence-electron chi connectivity index (χ2n) is 9.91. The Bertz CT molecular complexity index is 1640. The van der Waals surface area contributed by atoms with Crippen molar-refractivity contribution in [2.45, 2.75) is 11.6 Å². The molecule has 0 unspecified atom stereocenters.